The van der Waals surface area contributed by atoms with Gasteiger partial charge in [0.25, 0.3) is 0 Å². The Hall–Kier alpha value is -0.630. The third kappa shape index (κ3) is 59.9. The summed E-state index contributed by atoms with van der Waals surface area (Å²) in [7, 11) is 0. The normalized spacial score (nSPS) is 7.73. The molecule has 0 aromatic carbocycles. The standard InChI is InChI=1S/C6H15N.C3H8O.C2H3N.H2O/c1-4-7(5-2)6-3;1-3(2)4;1-2-3;/h4-6H2,1-3H3;3-4H,1-2H3;1H3;1H2. The van der Waals surface area contributed by atoms with E-state index in [0.717, 1.165) is 0 Å². The molecule has 0 atom stereocenters. The van der Waals surface area contributed by atoms with Gasteiger partial charge in [-0.2, -0.15) is 5.26 Å². The predicted octanol–water partition coefficient (Wildman–Crippen LogP) is 1.44. The molecule has 0 radical (unpaired) electrons. The molecule has 0 aliphatic rings. The summed E-state index contributed by atoms with van der Waals surface area (Å²) in [6, 6.07) is 1.75. The van der Waals surface area contributed by atoms with Crippen LogP contribution in [0.4, 0.5) is 0 Å². The fourth-order valence-corrected chi connectivity index (χ4v) is 0.671. The Kier molecular flexibility index (Phi) is 37.1. The molecule has 0 saturated heterocycles. The minimum atomic E-state index is -0.167. The average molecular weight is 220 g/mol. The first kappa shape index (κ1) is 23.9. The van der Waals surface area contributed by atoms with Crippen LogP contribution in [0.15, 0.2) is 0 Å². The summed E-state index contributed by atoms with van der Waals surface area (Å²) in [5, 5.41) is 15.4. The number of nitrogens with zero attached hydrogens (tertiary/aromatic N) is 2. The minimum Gasteiger partial charge on any atom is -0.412 e. The third-order valence-electron chi connectivity index (χ3n) is 1.34. The molecule has 0 saturated carbocycles. The van der Waals surface area contributed by atoms with Gasteiger partial charge in [-0.25, -0.2) is 0 Å². The molecule has 3 N–H and O–H groups in total. The van der Waals surface area contributed by atoms with E-state index in [1.165, 1.54) is 26.6 Å². The van der Waals surface area contributed by atoms with Crippen LogP contribution in [-0.2, 0) is 0 Å². The Bertz CT molecular complexity index is 110. The quantitative estimate of drug-likeness (QED) is 0.781. The molecule has 4 nitrogen and oxygen atoms in total. The predicted molar refractivity (Wildman–Crippen MR) is 65.7 cm³/mol. The lowest BCUT2D eigenvalue weighted by molar-refractivity contribution is 0.216. The maximum Gasteiger partial charge on any atom is 0.0587 e. The summed E-state index contributed by atoms with van der Waals surface area (Å²) in [5.74, 6) is 0. The van der Waals surface area contributed by atoms with Gasteiger partial charge in [-0.15, -0.1) is 0 Å². The van der Waals surface area contributed by atoms with E-state index in [1.807, 2.05) is 0 Å². The molecule has 0 bridgehead atoms. The lowest BCUT2D eigenvalue weighted by Crippen LogP contribution is -2.21. The smallest absolute Gasteiger partial charge is 0.0587 e. The van der Waals surface area contributed by atoms with E-state index in [9.17, 15) is 0 Å². The van der Waals surface area contributed by atoms with Crippen LogP contribution in [-0.4, -0.2) is 41.2 Å². The zero-order valence-corrected chi connectivity index (χ0v) is 11.0. The first-order valence-electron chi connectivity index (χ1n) is 5.21. The molecule has 0 rings (SSSR count). The van der Waals surface area contributed by atoms with Crippen LogP contribution >= 0.6 is 0 Å². The summed E-state index contributed by atoms with van der Waals surface area (Å²) < 4.78 is 0. The van der Waals surface area contributed by atoms with Gasteiger partial charge in [-0.1, -0.05) is 20.8 Å². The lowest BCUT2D eigenvalue weighted by atomic mass is 10.5. The Labute approximate surface area is 94.8 Å². The average Bonchev–Trinajstić information content (AvgIpc) is 2.08. The van der Waals surface area contributed by atoms with Gasteiger partial charge in [0.1, 0.15) is 0 Å². The number of hydrogen-bond acceptors (Lipinski definition) is 3. The Morgan fingerprint density at radius 1 is 1.13 bits per heavy atom. The maximum atomic E-state index is 8.06. The van der Waals surface area contributed by atoms with E-state index in [4.69, 9.17) is 10.4 Å². The summed E-state index contributed by atoms with van der Waals surface area (Å²) in [6.07, 6.45) is -0.167. The van der Waals surface area contributed by atoms with Gasteiger partial charge in [0.15, 0.2) is 0 Å². The lowest BCUT2D eigenvalue weighted by Gasteiger charge is -2.13. The Balaban J connectivity index is -0.0000000654. The molecule has 0 aromatic heterocycles. The van der Waals surface area contributed by atoms with E-state index in [2.05, 4.69) is 25.7 Å². The summed E-state index contributed by atoms with van der Waals surface area (Å²) in [4.78, 5) is 2.38. The van der Waals surface area contributed by atoms with Crippen LogP contribution in [0.5, 0.6) is 0 Å². The van der Waals surface area contributed by atoms with Crippen molar-refractivity contribution in [2.45, 2.75) is 47.6 Å². The van der Waals surface area contributed by atoms with Crippen molar-refractivity contribution in [2.24, 2.45) is 0 Å². The number of aliphatic hydroxyl groups is 1. The van der Waals surface area contributed by atoms with E-state index in [0.29, 0.717) is 0 Å². The second kappa shape index (κ2) is 23.3. The van der Waals surface area contributed by atoms with E-state index < -0.39 is 0 Å². The highest BCUT2D eigenvalue weighted by Gasteiger charge is 1.89. The SMILES string of the molecule is CC#N.CC(C)O.CCN(CC)CC.O. The second-order valence-corrected chi connectivity index (χ2v) is 2.94. The molecular weight excluding hydrogens is 192 g/mol. The van der Waals surface area contributed by atoms with Crippen molar-refractivity contribution in [1.82, 2.24) is 4.90 Å². The summed E-state index contributed by atoms with van der Waals surface area (Å²) in [6.45, 7) is 15.0. The molecule has 0 fully saturated rings. The van der Waals surface area contributed by atoms with Crippen molar-refractivity contribution in [3.05, 3.63) is 0 Å². The van der Waals surface area contributed by atoms with Gasteiger partial charge in [0.2, 0.25) is 0 Å². The minimum absolute atomic E-state index is 0. The zero-order chi connectivity index (χ0) is 12.0. The summed E-state index contributed by atoms with van der Waals surface area (Å²) in [5.41, 5.74) is 0. The highest BCUT2D eigenvalue weighted by Crippen LogP contribution is 1.81. The molecule has 0 amide bonds. The molecule has 94 valence electrons. The number of rotatable bonds is 3. The van der Waals surface area contributed by atoms with Gasteiger partial charge in [-0.05, 0) is 33.5 Å². The van der Waals surface area contributed by atoms with E-state index in [-0.39, 0.29) is 11.6 Å². The first-order valence-corrected chi connectivity index (χ1v) is 5.21. The van der Waals surface area contributed by atoms with E-state index >= 15 is 0 Å². The molecule has 15 heavy (non-hydrogen) atoms. The van der Waals surface area contributed by atoms with Crippen LogP contribution in [0.25, 0.3) is 0 Å². The number of aliphatic hydroxyl groups excluding tert-OH is 1. The van der Waals surface area contributed by atoms with Crippen LogP contribution in [0.2, 0.25) is 0 Å². The fourth-order valence-electron chi connectivity index (χ4n) is 0.671. The van der Waals surface area contributed by atoms with Gasteiger partial charge in [-0.3, -0.25) is 0 Å². The molecular formula is C11H28N2O2. The highest BCUT2D eigenvalue weighted by molar-refractivity contribution is 4.51. The molecule has 0 aliphatic carbocycles. The number of hydrogen-bond donors (Lipinski definition) is 1. The van der Waals surface area contributed by atoms with Crippen LogP contribution in [0.1, 0.15) is 41.5 Å². The van der Waals surface area contributed by atoms with Crippen molar-refractivity contribution < 1.29 is 10.6 Å². The molecule has 0 heterocycles. The molecule has 0 aromatic rings. The topological polar surface area (TPSA) is 78.8 Å². The molecule has 0 aliphatic heterocycles. The zero-order valence-electron chi connectivity index (χ0n) is 11.0. The fraction of sp³-hybridized carbons (Fsp3) is 0.909. The van der Waals surface area contributed by atoms with Gasteiger partial charge in [0, 0.05) is 13.0 Å². The van der Waals surface area contributed by atoms with Crippen molar-refractivity contribution in [3.8, 4) is 6.07 Å². The molecule has 0 spiro atoms. The van der Waals surface area contributed by atoms with Crippen LogP contribution < -0.4 is 0 Å². The van der Waals surface area contributed by atoms with Gasteiger partial charge >= 0.3 is 0 Å². The van der Waals surface area contributed by atoms with Crippen LogP contribution in [0, 0.1) is 11.3 Å². The number of nitriles is 1. The summed E-state index contributed by atoms with van der Waals surface area (Å²) >= 11 is 0. The van der Waals surface area contributed by atoms with Gasteiger partial charge in [0.05, 0.1) is 6.07 Å². The molecule has 4 heteroatoms. The highest BCUT2D eigenvalue weighted by atomic mass is 16.3. The Morgan fingerprint density at radius 3 is 1.27 bits per heavy atom. The van der Waals surface area contributed by atoms with Crippen molar-refractivity contribution in [3.63, 3.8) is 0 Å². The monoisotopic (exact) mass is 220 g/mol. The largest absolute Gasteiger partial charge is 0.412 e. The van der Waals surface area contributed by atoms with Crippen LogP contribution in [0.3, 0.4) is 0 Å². The van der Waals surface area contributed by atoms with E-state index in [1.54, 1.807) is 19.9 Å². The third-order valence-corrected chi connectivity index (χ3v) is 1.34. The van der Waals surface area contributed by atoms with Crippen molar-refractivity contribution in [1.29, 1.82) is 5.26 Å². The second-order valence-electron chi connectivity index (χ2n) is 2.94. The van der Waals surface area contributed by atoms with Crippen molar-refractivity contribution >= 4 is 0 Å². The van der Waals surface area contributed by atoms with Gasteiger partial charge < -0.3 is 15.5 Å². The molecule has 0 unspecified atom stereocenters. The first-order chi connectivity index (χ1) is 6.49. The Morgan fingerprint density at radius 2 is 1.27 bits per heavy atom. The van der Waals surface area contributed by atoms with Crippen molar-refractivity contribution in [2.75, 3.05) is 19.6 Å². The maximum absolute atomic E-state index is 8.06.